The summed E-state index contributed by atoms with van der Waals surface area (Å²) >= 11 is 0. The molecule has 0 unspecified atom stereocenters. The number of hydrogen-bond donors (Lipinski definition) is 0. The summed E-state index contributed by atoms with van der Waals surface area (Å²) in [6.07, 6.45) is 0. The van der Waals surface area contributed by atoms with E-state index in [4.69, 9.17) is 9.47 Å². The SMILES string of the molecule is CCOc1ccc(C2=C(N3CCOCC3)C(=O)N(Cc3ccccc3F)C2=O)cc1. The number of carbonyl (C=O) groups is 2. The molecule has 0 saturated carbocycles. The fraction of sp³-hybridized carbons (Fsp3) is 0.304. The van der Waals surface area contributed by atoms with Crippen molar-refractivity contribution in [3.63, 3.8) is 0 Å². The normalized spacial score (nSPS) is 17.1. The minimum Gasteiger partial charge on any atom is -0.494 e. The molecule has 0 radical (unpaired) electrons. The summed E-state index contributed by atoms with van der Waals surface area (Å²) in [5.74, 6) is -0.585. The summed E-state index contributed by atoms with van der Waals surface area (Å²) in [6, 6.07) is 13.3. The van der Waals surface area contributed by atoms with E-state index in [0.29, 0.717) is 61.1 Å². The van der Waals surface area contributed by atoms with Crippen LogP contribution in [0.5, 0.6) is 5.75 Å². The average Bonchev–Trinajstić information content (AvgIpc) is 3.01. The van der Waals surface area contributed by atoms with Gasteiger partial charge in [0.15, 0.2) is 0 Å². The molecule has 0 aliphatic carbocycles. The molecule has 0 bridgehead atoms. The van der Waals surface area contributed by atoms with E-state index in [9.17, 15) is 14.0 Å². The molecule has 0 atom stereocenters. The van der Waals surface area contributed by atoms with Gasteiger partial charge < -0.3 is 14.4 Å². The van der Waals surface area contributed by atoms with Gasteiger partial charge in [-0.1, -0.05) is 30.3 Å². The lowest BCUT2D eigenvalue weighted by molar-refractivity contribution is -0.138. The van der Waals surface area contributed by atoms with Crippen LogP contribution in [0.25, 0.3) is 5.57 Å². The van der Waals surface area contributed by atoms with Crippen molar-refractivity contribution in [2.24, 2.45) is 0 Å². The van der Waals surface area contributed by atoms with E-state index in [1.165, 1.54) is 6.07 Å². The number of hydrogen-bond acceptors (Lipinski definition) is 5. The number of halogens is 1. The van der Waals surface area contributed by atoms with E-state index in [-0.39, 0.29) is 6.54 Å². The van der Waals surface area contributed by atoms with Crippen LogP contribution in [0.3, 0.4) is 0 Å². The van der Waals surface area contributed by atoms with E-state index in [2.05, 4.69) is 0 Å². The Balaban J connectivity index is 1.71. The van der Waals surface area contributed by atoms with Gasteiger partial charge in [0.05, 0.1) is 31.9 Å². The lowest BCUT2D eigenvalue weighted by Gasteiger charge is -2.29. The Bertz CT molecular complexity index is 981. The van der Waals surface area contributed by atoms with Crippen molar-refractivity contribution in [2.75, 3.05) is 32.9 Å². The van der Waals surface area contributed by atoms with Crippen LogP contribution in [-0.4, -0.2) is 54.5 Å². The second-order valence-electron chi connectivity index (χ2n) is 7.07. The van der Waals surface area contributed by atoms with E-state index >= 15 is 0 Å². The molecule has 2 aliphatic rings. The standard InChI is InChI=1S/C23H23FN2O4/c1-2-30-18-9-7-16(8-10-18)20-21(25-11-13-29-14-12-25)23(28)26(22(20)27)15-17-5-3-4-6-19(17)24/h3-10H,2,11-15H2,1H3. The maximum atomic E-state index is 14.2. The Morgan fingerprint density at radius 3 is 2.37 bits per heavy atom. The first-order chi connectivity index (χ1) is 14.6. The van der Waals surface area contributed by atoms with Gasteiger partial charge in [-0.2, -0.15) is 0 Å². The molecule has 2 heterocycles. The van der Waals surface area contributed by atoms with Gasteiger partial charge in [0.25, 0.3) is 11.8 Å². The van der Waals surface area contributed by atoms with Crippen LogP contribution in [0.1, 0.15) is 18.1 Å². The molecule has 6 nitrogen and oxygen atoms in total. The van der Waals surface area contributed by atoms with Gasteiger partial charge in [0.2, 0.25) is 0 Å². The van der Waals surface area contributed by atoms with Gasteiger partial charge in [-0.05, 0) is 30.7 Å². The van der Waals surface area contributed by atoms with Crippen molar-refractivity contribution in [2.45, 2.75) is 13.5 Å². The monoisotopic (exact) mass is 410 g/mol. The maximum Gasteiger partial charge on any atom is 0.278 e. The van der Waals surface area contributed by atoms with Gasteiger partial charge >= 0.3 is 0 Å². The number of ether oxygens (including phenoxy) is 2. The summed E-state index contributed by atoms with van der Waals surface area (Å²) in [4.78, 5) is 29.6. The predicted molar refractivity (Wildman–Crippen MR) is 109 cm³/mol. The number of amides is 2. The minimum absolute atomic E-state index is 0.112. The smallest absolute Gasteiger partial charge is 0.278 e. The first kappa shape index (κ1) is 20.1. The van der Waals surface area contributed by atoms with Crippen LogP contribution in [-0.2, 0) is 20.9 Å². The fourth-order valence-electron chi connectivity index (χ4n) is 3.73. The minimum atomic E-state index is -0.444. The lowest BCUT2D eigenvalue weighted by atomic mass is 10.0. The van der Waals surface area contributed by atoms with Crippen LogP contribution >= 0.6 is 0 Å². The highest BCUT2D eigenvalue weighted by atomic mass is 19.1. The van der Waals surface area contributed by atoms with Crippen LogP contribution in [0.2, 0.25) is 0 Å². The molecule has 0 aromatic heterocycles. The second-order valence-corrected chi connectivity index (χ2v) is 7.07. The molecule has 30 heavy (non-hydrogen) atoms. The molecule has 0 N–H and O–H groups in total. The van der Waals surface area contributed by atoms with Gasteiger partial charge in [-0.15, -0.1) is 0 Å². The Morgan fingerprint density at radius 2 is 1.70 bits per heavy atom. The third-order valence-electron chi connectivity index (χ3n) is 5.21. The van der Waals surface area contributed by atoms with Crippen molar-refractivity contribution in [3.8, 4) is 5.75 Å². The van der Waals surface area contributed by atoms with Crippen LogP contribution in [0, 0.1) is 5.82 Å². The summed E-state index contributed by atoms with van der Waals surface area (Å²) in [5, 5.41) is 0. The highest BCUT2D eigenvalue weighted by Gasteiger charge is 2.42. The van der Waals surface area contributed by atoms with Crippen LogP contribution < -0.4 is 4.74 Å². The highest BCUT2D eigenvalue weighted by Crippen LogP contribution is 2.34. The number of imide groups is 1. The number of morpholine rings is 1. The number of benzene rings is 2. The Hall–Kier alpha value is -3.19. The Kier molecular flexibility index (Phi) is 5.81. The topological polar surface area (TPSA) is 59.1 Å². The van der Waals surface area contributed by atoms with Crippen LogP contribution in [0.4, 0.5) is 4.39 Å². The zero-order valence-corrected chi connectivity index (χ0v) is 16.8. The number of nitrogens with zero attached hydrogens (tertiary/aromatic N) is 2. The molecule has 2 aliphatic heterocycles. The maximum absolute atomic E-state index is 14.2. The van der Waals surface area contributed by atoms with Gasteiger partial charge in [0.1, 0.15) is 17.3 Å². The Labute approximate surface area is 174 Å². The van der Waals surface area contributed by atoms with E-state index in [0.717, 1.165) is 4.90 Å². The van der Waals surface area contributed by atoms with Crippen molar-refractivity contribution < 1.29 is 23.5 Å². The number of rotatable bonds is 6. The quantitative estimate of drug-likeness (QED) is 0.686. The first-order valence-corrected chi connectivity index (χ1v) is 10.00. The molecule has 1 fully saturated rings. The van der Waals surface area contributed by atoms with Crippen LogP contribution in [0.15, 0.2) is 54.2 Å². The molecular weight excluding hydrogens is 387 g/mol. The zero-order chi connectivity index (χ0) is 21.1. The lowest BCUT2D eigenvalue weighted by Crippen LogP contribution is -2.40. The van der Waals surface area contributed by atoms with E-state index in [1.54, 1.807) is 42.5 Å². The molecule has 7 heteroatoms. The first-order valence-electron chi connectivity index (χ1n) is 10.00. The Morgan fingerprint density at radius 1 is 1.00 bits per heavy atom. The predicted octanol–water partition coefficient (Wildman–Crippen LogP) is 2.84. The van der Waals surface area contributed by atoms with Crippen molar-refractivity contribution >= 4 is 17.4 Å². The molecule has 0 spiro atoms. The number of carbonyl (C=O) groups excluding carboxylic acids is 2. The molecule has 4 rings (SSSR count). The molecule has 2 aromatic rings. The van der Waals surface area contributed by atoms with Crippen molar-refractivity contribution in [3.05, 3.63) is 71.2 Å². The van der Waals surface area contributed by atoms with Crippen molar-refractivity contribution in [1.29, 1.82) is 0 Å². The highest BCUT2D eigenvalue weighted by molar-refractivity contribution is 6.35. The molecular formula is C23H23FN2O4. The summed E-state index contributed by atoms with van der Waals surface area (Å²) in [7, 11) is 0. The van der Waals surface area contributed by atoms with E-state index in [1.807, 2.05) is 11.8 Å². The average molecular weight is 410 g/mol. The molecule has 2 aromatic carbocycles. The molecule has 2 amide bonds. The summed E-state index contributed by atoms with van der Waals surface area (Å²) < 4.78 is 25.1. The second kappa shape index (κ2) is 8.67. The van der Waals surface area contributed by atoms with E-state index < -0.39 is 17.6 Å². The molecule has 1 saturated heterocycles. The largest absolute Gasteiger partial charge is 0.494 e. The summed E-state index contributed by atoms with van der Waals surface area (Å²) in [5.41, 5.74) is 1.62. The zero-order valence-electron chi connectivity index (χ0n) is 16.8. The third kappa shape index (κ3) is 3.80. The summed E-state index contributed by atoms with van der Waals surface area (Å²) in [6.45, 7) is 4.31. The van der Waals surface area contributed by atoms with Crippen molar-refractivity contribution in [1.82, 2.24) is 9.80 Å². The van der Waals surface area contributed by atoms with Gasteiger partial charge in [-0.3, -0.25) is 14.5 Å². The fourth-order valence-corrected chi connectivity index (χ4v) is 3.73. The van der Waals surface area contributed by atoms with Gasteiger partial charge in [-0.25, -0.2) is 4.39 Å². The molecule has 156 valence electrons. The third-order valence-corrected chi connectivity index (χ3v) is 5.21. The van der Waals surface area contributed by atoms with Gasteiger partial charge in [0, 0.05) is 18.7 Å².